The number of fused-ring (bicyclic) bond motifs is 3. The summed E-state index contributed by atoms with van der Waals surface area (Å²) in [4.78, 5) is 46.7. The van der Waals surface area contributed by atoms with Gasteiger partial charge in [-0.25, -0.2) is 18.2 Å². The summed E-state index contributed by atoms with van der Waals surface area (Å²) >= 11 is 6.96. The van der Waals surface area contributed by atoms with E-state index in [4.69, 9.17) is 17.3 Å². The van der Waals surface area contributed by atoms with E-state index in [-0.39, 0.29) is 33.7 Å². The van der Waals surface area contributed by atoms with Crippen molar-refractivity contribution in [3.63, 3.8) is 0 Å². The van der Waals surface area contributed by atoms with Gasteiger partial charge in [0.1, 0.15) is 15.4 Å². The number of nitrogens with one attached hydrogen (secondary N) is 1. The van der Waals surface area contributed by atoms with Crippen molar-refractivity contribution in [3.8, 4) is 0 Å². The van der Waals surface area contributed by atoms with Gasteiger partial charge in [-0.2, -0.15) is 4.72 Å². The molecule has 3 aliphatic heterocycles. The Balaban J connectivity index is 1.22. The van der Waals surface area contributed by atoms with Crippen LogP contribution in [-0.4, -0.2) is 91.3 Å². The van der Waals surface area contributed by atoms with Crippen molar-refractivity contribution in [2.75, 3.05) is 39.3 Å². The van der Waals surface area contributed by atoms with Crippen molar-refractivity contribution in [1.82, 2.24) is 24.4 Å². The van der Waals surface area contributed by atoms with E-state index in [9.17, 15) is 22.8 Å². The van der Waals surface area contributed by atoms with Crippen LogP contribution >= 0.6 is 22.9 Å². The summed E-state index contributed by atoms with van der Waals surface area (Å²) in [5.74, 6) is -0.244. The monoisotopic (exact) mass is 554 g/mol. The number of halogens is 1. The van der Waals surface area contributed by atoms with Gasteiger partial charge in [-0.15, -0.1) is 11.3 Å². The van der Waals surface area contributed by atoms with Gasteiger partial charge >= 0.3 is 6.03 Å². The van der Waals surface area contributed by atoms with E-state index < -0.39 is 28.0 Å². The molecular weight excluding hydrogens is 528 g/mol. The number of aromatic nitrogens is 1. The molecule has 194 valence electrons. The highest BCUT2D eigenvalue weighted by Crippen LogP contribution is 2.30. The number of sulfonamides is 1. The first-order chi connectivity index (χ1) is 17.1. The number of hydrogen-bond donors (Lipinski definition) is 2. The number of piperidine rings is 3. The highest BCUT2D eigenvalue weighted by molar-refractivity contribution is 7.91. The third-order valence-corrected chi connectivity index (χ3v) is 10.2. The van der Waals surface area contributed by atoms with Crippen molar-refractivity contribution in [2.45, 2.75) is 29.5 Å². The van der Waals surface area contributed by atoms with Crippen LogP contribution in [0.4, 0.5) is 4.79 Å². The number of nitrogens with zero attached hydrogens (tertiary/aromatic N) is 4. The van der Waals surface area contributed by atoms with Crippen molar-refractivity contribution < 1.29 is 22.8 Å². The molecule has 2 unspecified atom stereocenters. The lowest BCUT2D eigenvalue weighted by Gasteiger charge is -2.45. The minimum Gasteiger partial charge on any atom is -0.351 e. The Morgan fingerprint density at radius 2 is 1.86 bits per heavy atom. The fraction of sp³-hybridized carbons (Fsp3) is 0.545. The lowest BCUT2D eigenvalue weighted by Crippen LogP contribution is -2.58. The van der Waals surface area contributed by atoms with Crippen LogP contribution in [0.3, 0.4) is 0 Å². The Bertz CT molecular complexity index is 1300. The Morgan fingerprint density at radius 1 is 1.17 bits per heavy atom. The van der Waals surface area contributed by atoms with Crippen molar-refractivity contribution in [1.29, 1.82) is 0 Å². The molecule has 0 aliphatic carbocycles. The van der Waals surface area contributed by atoms with Gasteiger partial charge in [0.2, 0.25) is 11.8 Å². The molecule has 0 radical (unpaired) electrons. The third kappa shape index (κ3) is 5.15. The number of likely N-dealkylation sites (tertiary alicyclic amines) is 3. The van der Waals surface area contributed by atoms with E-state index in [0.717, 1.165) is 17.8 Å². The topological polar surface area (TPSA) is 146 Å². The second kappa shape index (κ2) is 9.77. The highest BCUT2D eigenvalue weighted by Gasteiger charge is 2.39. The molecule has 0 aromatic carbocycles. The molecular formula is C22H27ClN6O5S2. The fourth-order valence-electron chi connectivity index (χ4n) is 5.39. The summed E-state index contributed by atoms with van der Waals surface area (Å²) in [6.07, 6.45) is 1.88. The molecule has 3 atom stereocenters. The first kappa shape index (κ1) is 25.2. The standard InChI is InChI=1S/C22H27ClN6O5S2/c23-18-4-3-17-16(25-18)7-20(35-17)36(33,34)26-15-2-1-5-27(21(15)31)12-19(30)28-8-13-6-14(9-28)11-29(10-13)22(24)32/h3-4,7,13-15,26H,1-2,5-6,8-12H2,(H2,24,32)/t13?,14?,15-/m0/s1. The van der Waals surface area contributed by atoms with Gasteiger partial charge in [-0.05, 0) is 49.3 Å². The van der Waals surface area contributed by atoms with Crippen LogP contribution in [0, 0.1) is 11.8 Å². The van der Waals surface area contributed by atoms with E-state index in [1.165, 1.54) is 11.0 Å². The van der Waals surface area contributed by atoms with Gasteiger partial charge < -0.3 is 20.4 Å². The average molecular weight is 555 g/mol. The number of carbonyl (C=O) groups excluding carboxylic acids is 3. The quantitative estimate of drug-likeness (QED) is 0.529. The number of rotatable bonds is 5. The summed E-state index contributed by atoms with van der Waals surface area (Å²) in [6.45, 7) is 2.39. The van der Waals surface area contributed by atoms with Crippen LogP contribution in [0.15, 0.2) is 22.4 Å². The number of carbonyl (C=O) groups is 3. The molecule has 3 fully saturated rings. The van der Waals surface area contributed by atoms with Crippen LogP contribution in [0.25, 0.3) is 10.2 Å². The molecule has 4 amide bonds. The second-order valence-electron chi connectivity index (χ2n) is 9.67. The van der Waals surface area contributed by atoms with Crippen LogP contribution in [-0.2, 0) is 19.6 Å². The maximum atomic E-state index is 13.1. The molecule has 3 aliphatic rings. The van der Waals surface area contributed by atoms with E-state index in [2.05, 4.69) is 9.71 Å². The zero-order valence-electron chi connectivity index (χ0n) is 19.4. The molecule has 0 spiro atoms. The molecule has 14 heteroatoms. The number of hydrogen-bond acceptors (Lipinski definition) is 7. The van der Waals surface area contributed by atoms with Gasteiger partial charge in [-0.1, -0.05) is 11.6 Å². The summed E-state index contributed by atoms with van der Waals surface area (Å²) in [6, 6.07) is 3.35. The predicted molar refractivity (Wildman–Crippen MR) is 134 cm³/mol. The molecule has 5 heterocycles. The number of primary amides is 1. The Morgan fingerprint density at radius 3 is 2.56 bits per heavy atom. The van der Waals surface area contributed by atoms with Gasteiger partial charge in [0, 0.05) is 32.7 Å². The Kier molecular flexibility index (Phi) is 6.83. The van der Waals surface area contributed by atoms with Crippen molar-refractivity contribution in [3.05, 3.63) is 23.4 Å². The molecule has 11 nitrogen and oxygen atoms in total. The molecule has 2 bridgehead atoms. The van der Waals surface area contributed by atoms with E-state index in [1.54, 1.807) is 21.9 Å². The number of urea groups is 1. The minimum absolute atomic E-state index is 0.0538. The predicted octanol–water partition coefficient (Wildman–Crippen LogP) is 1.08. The molecule has 2 aromatic heterocycles. The molecule has 3 saturated heterocycles. The maximum Gasteiger partial charge on any atom is 0.314 e. The molecule has 5 rings (SSSR count). The summed E-state index contributed by atoms with van der Waals surface area (Å²) in [5, 5.41) is 0.266. The summed E-state index contributed by atoms with van der Waals surface area (Å²) < 4.78 is 29.3. The minimum atomic E-state index is -3.96. The zero-order valence-corrected chi connectivity index (χ0v) is 21.8. The smallest absolute Gasteiger partial charge is 0.314 e. The Hall–Kier alpha value is -2.48. The van der Waals surface area contributed by atoms with Crippen molar-refractivity contribution >= 4 is 61.0 Å². The van der Waals surface area contributed by atoms with E-state index in [1.807, 2.05) is 0 Å². The maximum absolute atomic E-state index is 13.1. The van der Waals surface area contributed by atoms with Crippen LogP contribution < -0.4 is 10.5 Å². The van der Waals surface area contributed by atoms with Gasteiger partial charge in [-0.3, -0.25) is 9.59 Å². The molecule has 3 N–H and O–H groups in total. The van der Waals surface area contributed by atoms with Crippen LogP contribution in [0.5, 0.6) is 0 Å². The van der Waals surface area contributed by atoms with E-state index >= 15 is 0 Å². The molecule has 0 saturated carbocycles. The molecule has 2 aromatic rings. The number of nitrogens with two attached hydrogens (primary N) is 1. The average Bonchev–Trinajstić information content (AvgIpc) is 3.25. The number of pyridine rings is 1. The van der Waals surface area contributed by atoms with Crippen molar-refractivity contribution in [2.24, 2.45) is 17.6 Å². The SMILES string of the molecule is NC(=O)N1CC2CC(C1)CN(C(=O)CN1CCC[C@H](NS(=O)(=O)c3cc4nc(Cl)ccc4s3)C1=O)C2. The zero-order chi connectivity index (χ0) is 25.6. The van der Waals surface area contributed by atoms with Crippen LogP contribution in [0.2, 0.25) is 5.15 Å². The summed E-state index contributed by atoms with van der Waals surface area (Å²) in [7, 11) is -3.96. The lowest BCUT2D eigenvalue weighted by atomic mass is 9.84. The third-order valence-electron chi connectivity index (χ3n) is 6.98. The Labute approximate surface area is 217 Å². The summed E-state index contributed by atoms with van der Waals surface area (Å²) in [5.41, 5.74) is 5.90. The van der Waals surface area contributed by atoms with Gasteiger partial charge in [0.25, 0.3) is 10.0 Å². The normalized spacial score (nSPS) is 24.9. The van der Waals surface area contributed by atoms with Gasteiger partial charge in [0.05, 0.1) is 16.8 Å². The number of amides is 4. The van der Waals surface area contributed by atoms with Crippen LogP contribution in [0.1, 0.15) is 19.3 Å². The second-order valence-corrected chi connectivity index (χ2v) is 13.1. The molecule has 36 heavy (non-hydrogen) atoms. The van der Waals surface area contributed by atoms with E-state index in [0.29, 0.717) is 55.8 Å². The number of thiophene rings is 1. The van der Waals surface area contributed by atoms with Gasteiger partial charge in [0.15, 0.2) is 0 Å². The first-order valence-corrected chi connectivity index (χ1v) is 14.5. The highest BCUT2D eigenvalue weighted by atomic mass is 35.5. The first-order valence-electron chi connectivity index (χ1n) is 11.8. The largest absolute Gasteiger partial charge is 0.351 e. The fourth-order valence-corrected chi connectivity index (χ4v) is 8.10. The lowest BCUT2D eigenvalue weighted by molar-refractivity contribution is -0.145.